The highest BCUT2D eigenvalue weighted by atomic mass is 35.7. The summed E-state index contributed by atoms with van der Waals surface area (Å²) in [5, 5.41) is 9.47. The smallest absolute Gasteiger partial charge is 0.264 e. The predicted molar refractivity (Wildman–Crippen MR) is 167 cm³/mol. The van der Waals surface area contributed by atoms with Crippen LogP contribution in [0, 0.1) is 0 Å². The summed E-state index contributed by atoms with van der Waals surface area (Å²) >= 11 is 0. The number of nitrogens with zero attached hydrogens (tertiary/aromatic N) is 2. The normalized spacial score (nSPS) is 11.9. The summed E-state index contributed by atoms with van der Waals surface area (Å²) in [6.07, 6.45) is 0. The lowest BCUT2D eigenvalue weighted by molar-refractivity contribution is 0.387. The van der Waals surface area contributed by atoms with Crippen LogP contribution < -0.4 is 9.47 Å². The van der Waals surface area contributed by atoms with Crippen LogP contribution >= 0.6 is 10.7 Å². The Hall–Kier alpha value is -2.88. The van der Waals surface area contributed by atoms with Crippen LogP contribution in [0.2, 0.25) is 0 Å². The number of aromatic hydroxyl groups is 1. The summed E-state index contributed by atoms with van der Waals surface area (Å²) in [5.74, 6) is 0.410. The van der Waals surface area contributed by atoms with Gasteiger partial charge in [0, 0.05) is 36.9 Å². The Bertz CT molecular complexity index is 1660. The Kier molecular flexibility index (Phi) is 14.4. The molecule has 0 aliphatic heterocycles. The van der Waals surface area contributed by atoms with Gasteiger partial charge in [-0.3, -0.25) is 0 Å². The van der Waals surface area contributed by atoms with Gasteiger partial charge in [-0.25, -0.2) is 25.3 Å². The number of hydrogen-bond acceptors (Lipinski definition) is 9. The van der Waals surface area contributed by atoms with Crippen LogP contribution in [0.1, 0.15) is 27.7 Å². The third kappa shape index (κ3) is 10.4. The first-order valence-corrected chi connectivity index (χ1v) is 18.0. The molecule has 0 aromatic heterocycles. The van der Waals surface area contributed by atoms with Gasteiger partial charge >= 0.3 is 0 Å². The lowest BCUT2D eigenvalue weighted by Gasteiger charge is -2.21. The van der Waals surface area contributed by atoms with Gasteiger partial charge in [0.25, 0.3) is 9.05 Å². The van der Waals surface area contributed by atoms with Gasteiger partial charge in [-0.2, -0.15) is 8.61 Å². The summed E-state index contributed by atoms with van der Waals surface area (Å²) < 4.78 is 82.5. The van der Waals surface area contributed by atoms with Crippen molar-refractivity contribution in [2.24, 2.45) is 0 Å². The largest absolute Gasteiger partial charge is 0.507 e. The molecular formula is C28H39ClN2O9S3. The molecule has 0 radical (unpaired) electrons. The molecule has 43 heavy (non-hydrogen) atoms. The standard InChI is InChI=1S/C11H17NO3S.C10H15NO3S.C7H7ClO3S/c1-9(2)12(3)16(13,14)11-8-6-5-7-10(11)15-4;1-8(2)11(3)15(13,14)10-7-5-4-6-9(10)12;1-11-6-4-2-3-5-7(6)12(8,9)10/h5-9H,1-4H3;4-8,12H,1-3H3;2-5H,1H3. The van der Waals surface area contributed by atoms with Crippen LogP contribution in [-0.4, -0.2) is 79.4 Å². The van der Waals surface area contributed by atoms with E-state index in [1.54, 1.807) is 69.4 Å². The van der Waals surface area contributed by atoms with Gasteiger partial charge in [-0.15, -0.1) is 0 Å². The van der Waals surface area contributed by atoms with Crippen LogP contribution in [-0.2, 0) is 29.1 Å². The fraction of sp³-hybridized carbons (Fsp3) is 0.357. The van der Waals surface area contributed by atoms with E-state index >= 15 is 0 Å². The molecular weight excluding hydrogens is 640 g/mol. The fourth-order valence-electron chi connectivity index (χ4n) is 3.19. The second-order valence-corrected chi connectivity index (χ2v) is 15.9. The minimum Gasteiger partial charge on any atom is -0.507 e. The van der Waals surface area contributed by atoms with Gasteiger partial charge in [0.15, 0.2) is 0 Å². The van der Waals surface area contributed by atoms with E-state index in [9.17, 15) is 30.4 Å². The molecule has 0 fully saturated rings. The van der Waals surface area contributed by atoms with Crippen LogP contribution in [0.4, 0.5) is 0 Å². The molecule has 0 atom stereocenters. The SMILES string of the molecule is CC(C)N(C)S(=O)(=O)c1ccccc1O.COc1ccccc1S(=O)(=O)Cl.COc1ccccc1S(=O)(=O)N(C)C(C)C. The number of para-hydroxylation sites is 3. The van der Waals surface area contributed by atoms with Crippen molar-refractivity contribution in [1.82, 2.24) is 8.61 Å². The van der Waals surface area contributed by atoms with Crippen molar-refractivity contribution in [2.45, 2.75) is 54.5 Å². The first kappa shape index (κ1) is 38.1. The number of phenols is 1. The lowest BCUT2D eigenvalue weighted by atomic mass is 10.3. The van der Waals surface area contributed by atoms with Gasteiger partial charge in [0.1, 0.15) is 31.9 Å². The molecule has 0 saturated heterocycles. The number of hydrogen-bond donors (Lipinski definition) is 1. The monoisotopic (exact) mass is 678 g/mol. The maximum absolute atomic E-state index is 12.2. The first-order valence-electron chi connectivity index (χ1n) is 12.8. The molecule has 0 amide bonds. The fourth-order valence-corrected chi connectivity index (χ4v) is 7.18. The third-order valence-electron chi connectivity index (χ3n) is 6.03. The Balaban J connectivity index is 0.000000326. The molecule has 240 valence electrons. The zero-order valence-corrected chi connectivity index (χ0v) is 28.5. The van der Waals surface area contributed by atoms with E-state index in [0.29, 0.717) is 5.75 Å². The quantitative estimate of drug-likeness (QED) is 0.316. The highest BCUT2D eigenvalue weighted by Crippen LogP contribution is 2.27. The minimum atomic E-state index is -3.70. The average molecular weight is 679 g/mol. The summed E-state index contributed by atoms with van der Waals surface area (Å²) in [6, 6.07) is 18.5. The molecule has 1 N–H and O–H groups in total. The number of methoxy groups -OCH3 is 2. The van der Waals surface area contributed by atoms with Crippen molar-refractivity contribution in [3.63, 3.8) is 0 Å². The summed E-state index contributed by atoms with van der Waals surface area (Å²) in [6.45, 7) is 7.20. The average Bonchev–Trinajstić information content (AvgIpc) is 2.96. The second-order valence-electron chi connectivity index (χ2n) is 9.44. The van der Waals surface area contributed by atoms with Crippen molar-refractivity contribution >= 4 is 39.8 Å². The molecule has 0 aliphatic rings. The molecule has 0 unspecified atom stereocenters. The van der Waals surface area contributed by atoms with Gasteiger partial charge < -0.3 is 14.6 Å². The highest BCUT2D eigenvalue weighted by Gasteiger charge is 2.26. The zero-order chi connectivity index (χ0) is 33.2. The van der Waals surface area contributed by atoms with E-state index in [1.165, 1.54) is 54.1 Å². The van der Waals surface area contributed by atoms with Gasteiger partial charge in [0.2, 0.25) is 20.0 Å². The Labute approximate surface area is 260 Å². The minimum absolute atomic E-state index is 0.00540. The summed E-state index contributed by atoms with van der Waals surface area (Å²) in [4.78, 5) is 0.143. The lowest BCUT2D eigenvalue weighted by Crippen LogP contribution is -2.33. The number of rotatable bonds is 9. The maximum atomic E-state index is 12.2. The van der Waals surface area contributed by atoms with E-state index in [0.717, 1.165) is 0 Å². The van der Waals surface area contributed by atoms with Crippen LogP contribution in [0.5, 0.6) is 17.2 Å². The molecule has 0 spiro atoms. The molecule has 11 nitrogen and oxygen atoms in total. The van der Waals surface area contributed by atoms with E-state index in [2.05, 4.69) is 0 Å². The van der Waals surface area contributed by atoms with Crippen molar-refractivity contribution < 1.29 is 39.8 Å². The second kappa shape index (κ2) is 16.3. The molecule has 0 heterocycles. The molecule has 3 rings (SSSR count). The van der Waals surface area contributed by atoms with E-state index in [4.69, 9.17) is 20.2 Å². The number of sulfonamides is 2. The molecule has 0 saturated carbocycles. The number of ether oxygens (including phenoxy) is 2. The molecule has 0 aliphatic carbocycles. The third-order valence-corrected chi connectivity index (χ3v) is 11.5. The number of halogens is 1. The van der Waals surface area contributed by atoms with Gasteiger partial charge in [0.05, 0.1) is 14.2 Å². The van der Waals surface area contributed by atoms with Gasteiger partial charge in [-0.05, 0) is 64.1 Å². The van der Waals surface area contributed by atoms with E-state index in [1.807, 2.05) is 13.8 Å². The summed E-state index contributed by atoms with van der Waals surface area (Å²) in [7, 11) is 0.284. The van der Waals surface area contributed by atoms with Crippen molar-refractivity contribution in [2.75, 3.05) is 28.3 Å². The predicted octanol–water partition coefficient (Wildman–Crippen LogP) is 4.77. The van der Waals surface area contributed by atoms with Crippen molar-refractivity contribution in [3.05, 3.63) is 72.8 Å². The van der Waals surface area contributed by atoms with Crippen molar-refractivity contribution in [3.8, 4) is 17.2 Å². The van der Waals surface area contributed by atoms with E-state index in [-0.39, 0.29) is 38.3 Å². The topological polar surface area (TPSA) is 148 Å². The molecule has 0 bridgehead atoms. The van der Waals surface area contributed by atoms with Crippen molar-refractivity contribution in [1.29, 1.82) is 0 Å². The molecule has 3 aromatic carbocycles. The Morgan fingerprint density at radius 2 is 0.930 bits per heavy atom. The first-order chi connectivity index (χ1) is 19.8. The maximum Gasteiger partial charge on any atom is 0.264 e. The van der Waals surface area contributed by atoms with Gasteiger partial charge in [-0.1, -0.05) is 36.4 Å². The number of phenolic OH excluding ortho intramolecular Hbond substituents is 1. The summed E-state index contributed by atoms with van der Waals surface area (Å²) in [5.41, 5.74) is 0. The van der Waals surface area contributed by atoms with Crippen LogP contribution in [0.15, 0.2) is 87.5 Å². The van der Waals surface area contributed by atoms with Crippen LogP contribution in [0.3, 0.4) is 0 Å². The van der Waals surface area contributed by atoms with Crippen LogP contribution in [0.25, 0.3) is 0 Å². The zero-order valence-electron chi connectivity index (χ0n) is 25.3. The highest BCUT2D eigenvalue weighted by molar-refractivity contribution is 8.13. The Morgan fingerprint density at radius 3 is 1.28 bits per heavy atom. The number of benzene rings is 3. The van der Waals surface area contributed by atoms with E-state index < -0.39 is 29.1 Å². The molecule has 3 aromatic rings. The molecule has 15 heteroatoms. The Morgan fingerprint density at radius 1 is 0.605 bits per heavy atom.